The highest BCUT2D eigenvalue weighted by molar-refractivity contribution is 7.09. The molecule has 3 nitrogen and oxygen atoms in total. The molecule has 1 aromatic heterocycles. The van der Waals surface area contributed by atoms with Crippen molar-refractivity contribution in [1.29, 1.82) is 0 Å². The third-order valence-electron chi connectivity index (χ3n) is 3.96. The summed E-state index contributed by atoms with van der Waals surface area (Å²) in [5.41, 5.74) is 1.26. The Hall–Kier alpha value is -1.65. The van der Waals surface area contributed by atoms with E-state index < -0.39 is 0 Å². The molecule has 1 fully saturated rings. The summed E-state index contributed by atoms with van der Waals surface area (Å²) in [5.74, 6) is 0.245. The lowest BCUT2D eigenvalue weighted by Gasteiger charge is -2.33. The quantitative estimate of drug-likeness (QED) is 0.848. The van der Waals surface area contributed by atoms with E-state index in [4.69, 9.17) is 4.74 Å². The summed E-state index contributed by atoms with van der Waals surface area (Å²) in [5, 5.41) is 2.06. The topological polar surface area (TPSA) is 29.5 Å². The Morgan fingerprint density at radius 3 is 2.86 bits per heavy atom. The first-order valence-electron chi connectivity index (χ1n) is 7.77. The summed E-state index contributed by atoms with van der Waals surface area (Å²) in [6.45, 7) is 2.06. The number of carbonyl (C=O) groups excluding carboxylic acids is 1. The molecule has 0 spiro atoms. The molecule has 116 valence electrons. The van der Waals surface area contributed by atoms with E-state index in [-0.39, 0.29) is 12.0 Å². The van der Waals surface area contributed by atoms with E-state index in [0.29, 0.717) is 26.1 Å². The van der Waals surface area contributed by atoms with E-state index in [1.807, 2.05) is 29.2 Å². The number of hydrogen-bond donors (Lipinski definition) is 0. The first-order valence-corrected chi connectivity index (χ1v) is 8.65. The van der Waals surface area contributed by atoms with E-state index in [2.05, 4.69) is 23.6 Å². The van der Waals surface area contributed by atoms with E-state index in [9.17, 15) is 4.79 Å². The predicted molar refractivity (Wildman–Crippen MR) is 89.1 cm³/mol. The Labute approximate surface area is 135 Å². The van der Waals surface area contributed by atoms with Crippen LogP contribution >= 0.6 is 11.3 Å². The number of nitrogens with zero attached hydrogens (tertiary/aromatic N) is 1. The molecule has 1 aliphatic rings. The maximum atomic E-state index is 12.4. The molecule has 1 atom stereocenters. The van der Waals surface area contributed by atoms with Crippen LogP contribution in [0.2, 0.25) is 0 Å². The van der Waals surface area contributed by atoms with Crippen LogP contribution in [0.4, 0.5) is 0 Å². The fourth-order valence-corrected chi connectivity index (χ4v) is 3.50. The number of carbonyl (C=O) groups is 1. The average molecular weight is 315 g/mol. The number of aryl methyl sites for hydroxylation is 1. The van der Waals surface area contributed by atoms with Crippen LogP contribution in [0, 0.1) is 0 Å². The third kappa shape index (κ3) is 4.18. The molecule has 2 heterocycles. The van der Waals surface area contributed by atoms with E-state index in [1.165, 1.54) is 10.4 Å². The zero-order valence-corrected chi connectivity index (χ0v) is 13.4. The van der Waals surface area contributed by atoms with Crippen molar-refractivity contribution < 1.29 is 9.53 Å². The van der Waals surface area contributed by atoms with Gasteiger partial charge in [0.05, 0.1) is 12.7 Å². The molecule has 0 radical (unpaired) electrons. The van der Waals surface area contributed by atoms with Gasteiger partial charge < -0.3 is 9.64 Å². The fourth-order valence-electron chi connectivity index (χ4n) is 2.79. The summed E-state index contributed by atoms with van der Waals surface area (Å²) < 4.78 is 5.82. The highest BCUT2D eigenvalue weighted by Crippen LogP contribution is 2.15. The van der Waals surface area contributed by atoms with Crippen LogP contribution in [0.1, 0.15) is 16.9 Å². The van der Waals surface area contributed by atoms with E-state index in [1.54, 1.807) is 11.3 Å². The Balaban J connectivity index is 1.50. The number of benzene rings is 1. The van der Waals surface area contributed by atoms with E-state index in [0.717, 1.165) is 12.8 Å². The molecular formula is C18H21NO2S. The molecule has 2 aromatic rings. The normalized spacial score (nSPS) is 18.4. The Bertz CT molecular complexity index is 582. The zero-order valence-electron chi connectivity index (χ0n) is 12.6. The molecule has 4 heteroatoms. The molecule has 1 amide bonds. The van der Waals surface area contributed by atoms with Crippen molar-refractivity contribution in [3.8, 4) is 0 Å². The van der Waals surface area contributed by atoms with Gasteiger partial charge in [0, 0.05) is 30.8 Å². The maximum absolute atomic E-state index is 12.4. The smallest absolute Gasteiger partial charge is 0.223 e. The molecule has 0 bridgehead atoms. The van der Waals surface area contributed by atoms with Crippen LogP contribution in [0.25, 0.3) is 0 Å². The molecule has 0 unspecified atom stereocenters. The van der Waals surface area contributed by atoms with Gasteiger partial charge >= 0.3 is 0 Å². The average Bonchev–Trinajstić information content (AvgIpc) is 3.07. The minimum absolute atomic E-state index is 0.113. The lowest BCUT2D eigenvalue weighted by Crippen LogP contribution is -2.46. The fraction of sp³-hybridized carbons (Fsp3) is 0.389. The van der Waals surface area contributed by atoms with Crippen LogP contribution in [-0.4, -0.2) is 36.6 Å². The number of hydrogen-bond acceptors (Lipinski definition) is 3. The van der Waals surface area contributed by atoms with Gasteiger partial charge in [0.2, 0.25) is 5.91 Å². The number of ether oxygens (including phenoxy) is 1. The van der Waals surface area contributed by atoms with Gasteiger partial charge in [-0.15, -0.1) is 11.3 Å². The second-order valence-electron chi connectivity index (χ2n) is 5.60. The molecular weight excluding hydrogens is 294 g/mol. The van der Waals surface area contributed by atoms with Gasteiger partial charge in [0.25, 0.3) is 0 Å². The summed E-state index contributed by atoms with van der Waals surface area (Å²) in [6.07, 6.45) is 2.42. The summed E-state index contributed by atoms with van der Waals surface area (Å²) in [4.78, 5) is 15.6. The second kappa shape index (κ2) is 7.56. The minimum Gasteiger partial charge on any atom is -0.374 e. The number of rotatable bonds is 5. The Morgan fingerprint density at radius 2 is 2.09 bits per heavy atom. The van der Waals surface area contributed by atoms with Crippen LogP contribution in [-0.2, 0) is 22.4 Å². The molecule has 0 saturated carbocycles. The summed E-state index contributed by atoms with van der Waals surface area (Å²) in [6, 6.07) is 14.5. The second-order valence-corrected chi connectivity index (χ2v) is 6.63. The molecule has 22 heavy (non-hydrogen) atoms. The lowest BCUT2D eigenvalue weighted by atomic mass is 10.1. The standard InChI is InChI=1S/C18H21NO2S/c20-18(9-8-17-7-4-12-22-17)19-10-11-21-16(14-19)13-15-5-2-1-3-6-15/h1-7,12,16H,8-11,13-14H2/t16-/m0/s1. The Kier molecular flexibility index (Phi) is 5.24. The van der Waals surface area contributed by atoms with Crippen molar-refractivity contribution in [2.24, 2.45) is 0 Å². The summed E-state index contributed by atoms with van der Waals surface area (Å²) in [7, 11) is 0. The van der Waals surface area contributed by atoms with Gasteiger partial charge in [0.1, 0.15) is 0 Å². The molecule has 0 aliphatic carbocycles. The summed E-state index contributed by atoms with van der Waals surface area (Å²) >= 11 is 1.72. The first kappa shape index (κ1) is 15.3. The largest absolute Gasteiger partial charge is 0.374 e. The number of thiophene rings is 1. The molecule has 0 N–H and O–H groups in total. The van der Waals surface area contributed by atoms with Crippen LogP contribution in [0.15, 0.2) is 47.8 Å². The van der Waals surface area contributed by atoms with Gasteiger partial charge in [0.15, 0.2) is 0 Å². The minimum atomic E-state index is 0.113. The Morgan fingerprint density at radius 1 is 1.23 bits per heavy atom. The van der Waals surface area contributed by atoms with Crippen molar-refractivity contribution >= 4 is 17.2 Å². The van der Waals surface area contributed by atoms with Gasteiger partial charge in [-0.25, -0.2) is 0 Å². The van der Waals surface area contributed by atoms with Gasteiger partial charge in [-0.2, -0.15) is 0 Å². The van der Waals surface area contributed by atoms with Crippen LogP contribution in [0.5, 0.6) is 0 Å². The monoisotopic (exact) mass is 315 g/mol. The number of morpholine rings is 1. The van der Waals surface area contributed by atoms with Gasteiger partial charge in [-0.1, -0.05) is 36.4 Å². The predicted octanol–water partition coefficient (Wildman–Crippen LogP) is 3.15. The van der Waals surface area contributed by atoms with Crippen molar-refractivity contribution in [2.75, 3.05) is 19.7 Å². The zero-order chi connectivity index (χ0) is 15.2. The van der Waals surface area contributed by atoms with Crippen molar-refractivity contribution in [3.05, 3.63) is 58.3 Å². The molecule has 3 rings (SSSR count). The molecule has 1 aromatic carbocycles. The number of amides is 1. The lowest BCUT2D eigenvalue weighted by molar-refractivity contribution is -0.138. The van der Waals surface area contributed by atoms with Gasteiger partial charge in [-0.05, 0) is 23.4 Å². The maximum Gasteiger partial charge on any atom is 0.223 e. The highest BCUT2D eigenvalue weighted by atomic mass is 32.1. The SMILES string of the molecule is O=C(CCc1cccs1)N1CCO[C@@H](Cc2ccccc2)C1. The first-order chi connectivity index (χ1) is 10.8. The van der Waals surface area contributed by atoms with Crippen LogP contribution in [0.3, 0.4) is 0 Å². The van der Waals surface area contributed by atoms with Crippen LogP contribution < -0.4 is 0 Å². The van der Waals surface area contributed by atoms with Gasteiger partial charge in [-0.3, -0.25) is 4.79 Å². The molecule has 1 aliphatic heterocycles. The van der Waals surface area contributed by atoms with Crippen molar-refractivity contribution in [2.45, 2.75) is 25.4 Å². The third-order valence-corrected chi connectivity index (χ3v) is 4.90. The van der Waals surface area contributed by atoms with Crippen molar-refractivity contribution in [1.82, 2.24) is 4.90 Å². The van der Waals surface area contributed by atoms with Crippen molar-refractivity contribution in [3.63, 3.8) is 0 Å². The highest BCUT2D eigenvalue weighted by Gasteiger charge is 2.24. The molecule has 1 saturated heterocycles. The van der Waals surface area contributed by atoms with E-state index >= 15 is 0 Å².